The van der Waals surface area contributed by atoms with E-state index in [4.69, 9.17) is 10.00 Å². The van der Waals surface area contributed by atoms with Crippen LogP contribution in [0.1, 0.15) is 12.5 Å². The molecule has 0 fully saturated rings. The number of hydrogen-bond acceptors (Lipinski definition) is 6. The maximum atomic E-state index is 11.6. The van der Waals surface area contributed by atoms with Gasteiger partial charge in [-0.15, -0.1) is 0 Å². The van der Waals surface area contributed by atoms with E-state index in [0.29, 0.717) is 12.5 Å². The Kier molecular flexibility index (Phi) is 5.15. The van der Waals surface area contributed by atoms with E-state index in [2.05, 4.69) is 10.3 Å². The molecular formula is C16H18N4O2. The number of carbonyl (C=O) groups is 1. The summed E-state index contributed by atoms with van der Waals surface area (Å²) in [5, 5.41) is 11.9. The summed E-state index contributed by atoms with van der Waals surface area (Å²) in [6.07, 6.45) is 1.34. The number of nitrogens with zero attached hydrogens (tertiary/aromatic N) is 3. The topological polar surface area (TPSA) is 77.7 Å². The molecule has 6 heteroatoms. The first-order valence-corrected chi connectivity index (χ1v) is 7.08. The zero-order valence-electron chi connectivity index (χ0n) is 12.7. The molecule has 0 radical (unpaired) electrons. The van der Waals surface area contributed by atoms with Crippen molar-refractivity contribution in [2.75, 3.05) is 24.6 Å². The van der Waals surface area contributed by atoms with Gasteiger partial charge in [-0.1, -0.05) is 17.7 Å². The fourth-order valence-corrected chi connectivity index (χ4v) is 2.03. The summed E-state index contributed by atoms with van der Waals surface area (Å²) >= 11 is 0. The third kappa shape index (κ3) is 3.64. The maximum absolute atomic E-state index is 11.6. The van der Waals surface area contributed by atoms with Crippen LogP contribution in [0.5, 0.6) is 0 Å². The van der Waals surface area contributed by atoms with Crippen LogP contribution >= 0.6 is 0 Å². The molecule has 1 aliphatic rings. The molecule has 1 N–H and O–H groups in total. The minimum absolute atomic E-state index is 0.0830. The number of aliphatic imine (C=N–C) groups is 1. The molecule has 0 saturated carbocycles. The molecule has 22 heavy (non-hydrogen) atoms. The van der Waals surface area contributed by atoms with Crippen molar-refractivity contribution in [3.05, 3.63) is 41.6 Å². The van der Waals surface area contributed by atoms with Gasteiger partial charge >= 0.3 is 5.97 Å². The maximum Gasteiger partial charge on any atom is 0.350 e. The fraction of sp³-hybridized carbons (Fsp3) is 0.312. The lowest BCUT2D eigenvalue weighted by Gasteiger charge is -2.20. The van der Waals surface area contributed by atoms with Crippen LogP contribution in [0, 0.1) is 18.3 Å². The molecule has 1 aromatic rings. The van der Waals surface area contributed by atoms with Gasteiger partial charge in [-0.2, -0.15) is 5.26 Å². The Balaban J connectivity index is 2.10. The molecule has 1 heterocycles. The number of carbonyl (C=O) groups excluding carboxylic acids is 1. The van der Waals surface area contributed by atoms with Gasteiger partial charge in [-0.25, -0.2) is 4.79 Å². The molecule has 0 amide bonds. The second-order valence-electron chi connectivity index (χ2n) is 4.73. The van der Waals surface area contributed by atoms with Gasteiger partial charge in [0, 0.05) is 18.4 Å². The lowest BCUT2D eigenvalue weighted by molar-refractivity contribution is -0.138. The Morgan fingerprint density at radius 3 is 2.86 bits per heavy atom. The quantitative estimate of drug-likeness (QED) is 0.520. The molecule has 114 valence electrons. The van der Waals surface area contributed by atoms with Crippen molar-refractivity contribution in [3.8, 4) is 6.07 Å². The summed E-state index contributed by atoms with van der Waals surface area (Å²) in [5.74, 6) is -0.0288. The van der Waals surface area contributed by atoms with Gasteiger partial charge in [-0.05, 0) is 26.0 Å². The summed E-state index contributed by atoms with van der Waals surface area (Å²) < 4.78 is 4.81. The number of nitriles is 1. The number of nitrogens with one attached hydrogen (secondary N) is 1. The Hall–Kier alpha value is -2.81. The van der Waals surface area contributed by atoms with E-state index in [9.17, 15) is 4.79 Å². The van der Waals surface area contributed by atoms with E-state index in [1.54, 1.807) is 6.92 Å². The van der Waals surface area contributed by atoms with Crippen molar-refractivity contribution in [3.63, 3.8) is 0 Å². The molecule has 0 bridgehead atoms. The molecule has 6 nitrogen and oxygen atoms in total. The van der Waals surface area contributed by atoms with Crippen LogP contribution in [0.2, 0.25) is 0 Å². The van der Waals surface area contributed by atoms with Crippen molar-refractivity contribution in [1.82, 2.24) is 5.32 Å². The zero-order chi connectivity index (χ0) is 15.9. The predicted octanol–water partition coefficient (Wildman–Crippen LogP) is 1.73. The number of rotatable bonds is 4. The largest absolute Gasteiger partial charge is 0.462 e. The zero-order valence-corrected chi connectivity index (χ0v) is 12.7. The summed E-state index contributed by atoms with van der Waals surface area (Å²) in [7, 11) is 0. The number of anilines is 1. The Morgan fingerprint density at radius 1 is 1.50 bits per heavy atom. The highest BCUT2D eigenvalue weighted by atomic mass is 16.5. The van der Waals surface area contributed by atoms with Crippen LogP contribution in [0.25, 0.3) is 0 Å². The highest BCUT2D eigenvalue weighted by Gasteiger charge is 2.18. The van der Waals surface area contributed by atoms with Gasteiger partial charge in [0.2, 0.25) is 5.96 Å². The van der Waals surface area contributed by atoms with Gasteiger partial charge in [0.25, 0.3) is 0 Å². The van der Waals surface area contributed by atoms with E-state index >= 15 is 0 Å². The van der Waals surface area contributed by atoms with E-state index in [0.717, 1.165) is 12.2 Å². The average molecular weight is 298 g/mol. The lowest BCUT2D eigenvalue weighted by atomic mass is 10.2. The average Bonchev–Trinajstić information content (AvgIpc) is 2.97. The van der Waals surface area contributed by atoms with Gasteiger partial charge in [0.1, 0.15) is 6.07 Å². The first kappa shape index (κ1) is 15.6. The third-order valence-corrected chi connectivity index (χ3v) is 3.15. The number of hydrogen-bond donors (Lipinski definition) is 1. The third-order valence-electron chi connectivity index (χ3n) is 3.15. The predicted molar refractivity (Wildman–Crippen MR) is 84.3 cm³/mol. The van der Waals surface area contributed by atoms with Gasteiger partial charge < -0.3 is 15.0 Å². The Bertz CT molecular complexity index is 641. The Labute approximate surface area is 129 Å². The molecule has 0 unspecified atom stereocenters. The highest BCUT2D eigenvalue weighted by Crippen LogP contribution is 2.17. The fourth-order valence-electron chi connectivity index (χ4n) is 2.03. The summed E-state index contributed by atoms with van der Waals surface area (Å²) in [4.78, 5) is 17.9. The number of ether oxygens (including phenoxy) is 1. The van der Waals surface area contributed by atoms with Crippen molar-refractivity contribution in [2.45, 2.75) is 13.8 Å². The second kappa shape index (κ2) is 7.27. The highest BCUT2D eigenvalue weighted by molar-refractivity contribution is 5.99. The van der Waals surface area contributed by atoms with Crippen LogP contribution < -0.4 is 10.2 Å². The van der Waals surface area contributed by atoms with E-state index in [1.807, 2.05) is 42.2 Å². The van der Waals surface area contributed by atoms with E-state index < -0.39 is 5.97 Å². The van der Waals surface area contributed by atoms with Gasteiger partial charge in [0.05, 0.1) is 13.2 Å². The number of aryl methyl sites for hydroxylation is 1. The smallest absolute Gasteiger partial charge is 0.350 e. The summed E-state index contributed by atoms with van der Waals surface area (Å²) in [6, 6.07) is 9.90. The van der Waals surface area contributed by atoms with E-state index in [1.165, 1.54) is 11.8 Å². The van der Waals surface area contributed by atoms with Crippen LogP contribution in [0.3, 0.4) is 0 Å². The normalized spacial score (nSPS) is 14.3. The van der Waals surface area contributed by atoms with E-state index in [-0.39, 0.29) is 12.2 Å². The van der Waals surface area contributed by atoms with Gasteiger partial charge in [0.15, 0.2) is 5.57 Å². The van der Waals surface area contributed by atoms with Crippen LogP contribution in [-0.2, 0) is 9.53 Å². The van der Waals surface area contributed by atoms with Crippen LogP contribution in [-0.4, -0.2) is 31.6 Å². The van der Waals surface area contributed by atoms with Crippen molar-refractivity contribution < 1.29 is 9.53 Å². The standard InChI is InChI=1S/C16H18N4O2/c1-3-22-15(21)13(10-17)11-19-16-18-8-9-20(16)14-6-4-12(2)5-7-14/h4-7,11H,3,8-9H2,1-2H3,(H,18,19)/b13-11+. The molecule has 0 saturated heterocycles. The van der Waals surface area contributed by atoms with Crippen molar-refractivity contribution >= 4 is 17.6 Å². The lowest BCUT2D eigenvalue weighted by Crippen LogP contribution is -2.36. The first-order chi connectivity index (χ1) is 10.7. The molecular weight excluding hydrogens is 280 g/mol. The molecule has 2 rings (SSSR count). The second-order valence-corrected chi connectivity index (χ2v) is 4.73. The van der Waals surface area contributed by atoms with Crippen LogP contribution in [0.15, 0.2) is 41.0 Å². The molecule has 1 aliphatic heterocycles. The summed E-state index contributed by atoms with van der Waals surface area (Å²) in [5.41, 5.74) is 2.11. The molecule has 0 aromatic heterocycles. The van der Waals surface area contributed by atoms with Crippen LogP contribution in [0.4, 0.5) is 5.69 Å². The van der Waals surface area contributed by atoms with Crippen molar-refractivity contribution in [1.29, 1.82) is 5.26 Å². The minimum atomic E-state index is -0.641. The minimum Gasteiger partial charge on any atom is -0.462 e. The Morgan fingerprint density at radius 2 is 2.23 bits per heavy atom. The van der Waals surface area contributed by atoms with Gasteiger partial charge in [-0.3, -0.25) is 4.99 Å². The summed E-state index contributed by atoms with van der Waals surface area (Å²) in [6.45, 7) is 5.36. The number of esters is 1. The first-order valence-electron chi connectivity index (χ1n) is 7.08. The number of benzene rings is 1. The number of guanidine groups is 1. The molecule has 1 aromatic carbocycles. The molecule has 0 atom stereocenters. The monoisotopic (exact) mass is 298 g/mol. The van der Waals surface area contributed by atoms with Crippen molar-refractivity contribution in [2.24, 2.45) is 4.99 Å². The molecule has 0 spiro atoms. The SMILES string of the molecule is CCOC(=O)/C(C#N)=C/NC1=NCCN1c1ccc(C)cc1. The molecule has 0 aliphatic carbocycles.